The summed E-state index contributed by atoms with van der Waals surface area (Å²) in [6.07, 6.45) is 0. The van der Waals surface area contributed by atoms with Crippen LogP contribution in [0.3, 0.4) is 0 Å². The van der Waals surface area contributed by atoms with E-state index < -0.39 is 11.6 Å². The molecule has 3 aromatic carbocycles. The second-order valence-corrected chi connectivity index (χ2v) is 7.59. The van der Waals surface area contributed by atoms with Gasteiger partial charge in [0.25, 0.3) is 0 Å². The maximum Gasteiger partial charge on any atom is 0.343 e. The Morgan fingerprint density at radius 2 is 1.57 bits per heavy atom. The van der Waals surface area contributed by atoms with Gasteiger partial charge < -0.3 is 27.8 Å². The number of benzene rings is 3. The smallest absolute Gasteiger partial charge is 0.343 e. The molecule has 0 saturated heterocycles. The van der Waals surface area contributed by atoms with E-state index in [2.05, 4.69) is 0 Å². The highest BCUT2D eigenvalue weighted by atomic mass is 16.5. The van der Waals surface area contributed by atoms with Crippen molar-refractivity contribution in [1.82, 2.24) is 0 Å². The third-order valence-corrected chi connectivity index (χ3v) is 5.54. The molecule has 8 heteroatoms. The molecule has 2 heterocycles. The number of rotatable bonds is 6. The van der Waals surface area contributed by atoms with E-state index in [4.69, 9.17) is 27.8 Å². The van der Waals surface area contributed by atoms with Crippen LogP contribution in [0.15, 0.2) is 80.4 Å². The van der Waals surface area contributed by atoms with Gasteiger partial charge in [0, 0.05) is 22.4 Å². The molecule has 0 saturated carbocycles. The number of hydrogen-bond acceptors (Lipinski definition) is 8. The van der Waals surface area contributed by atoms with Crippen LogP contribution in [0.1, 0.15) is 10.4 Å². The van der Waals surface area contributed by atoms with Crippen LogP contribution < -0.4 is 24.6 Å². The molecule has 0 aliphatic rings. The van der Waals surface area contributed by atoms with Crippen LogP contribution in [0.5, 0.6) is 23.0 Å². The lowest BCUT2D eigenvalue weighted by atomic mass is 10.1. The van der Waals surface area contributed by atoms with Crippen molar-refractivity contribution in [1.29, 1.82) is 0 Å². The summed E-state index contributed by atoms with van der Waals surface area (Å²) in [5.41, 5.74) is 1.13. The highest BCUT2D eigenvalue weighted by Crippen LogP contribution is 2.37. The Hall–Kier alpha value is -4.72. The fourth-order valence-corrected chi connectivity index (χ4v) is 3.87. The Morgan fingerprint density at radius 3 is 2.34 bits per heavy atom. The summed E-state index contributed by atoms with van der Waals surface area (Å²) in [4.78, 5) is 25.0. The van der Waals surface area contributed by atoms with Gasteiger partial charge >= 0.3 is 11.6 Å². The number of furan rings is 1. The molecule has 0 aliphatic carbocycles. The van der Waals surface area contributed by atoms with E-state index in [0.717, 1.165) is 5.39 Å². The van der Waals surface area contributed by atoms with Gasteiger partial charge in [0.1, 0.15) is 17.1 Å². The summed E-state index contributed by atoms with van der Waals surface area (Å²) in [6.45, 7) is 0. The third kappa shape index (κ3) is 4.06. The van der Waals surface area contributed by atoms with Crippen molar-refractivity contribution >= 4 is 27.9 Å². The first-order valence-corrected chi connectivity index (χ1v) is 10.6. The van der Waals surface area contributed by atoms with Gasteiger partial charge in [-0.1, -0.05) is 12.1 Å². The molecule has 0 radical (unpaired) electrons. The number of esters is 1. The fourth-order valence-electron chi connectivity index (χ4n) is 3.87. The largest absolute Gasteiger partial charge is 0.493 e. The third-order valence-electron chi connectivity index (χ3n) is 5.54. The molecule has 0 aliphatic heterocycles. The predicted octanol–water partition coefficient (Wildman–Crippen LogP) is 5.45. The zero-order valence-corrected chi connectivity index (χ0v) is 19.1. The molecule has 2 aromatic heterocycles. The Kier molecular flexibility index (Phi) is 5.62. The van der Waals surface area contributed by atoms with Crippen molar-refractivity contribution in [2.45, 2.75) is 0 Å². The minimum Gasteiger partial charge on any atom is -0.493 e. The highest BCUT2D eigenvalue weighted by Gasteiger charge is 2.17. The monoisotopic (exact) mass is 472 g/mol. The molecule has 176 valence electrons. The lowest BCUT2D eigenvalue weighted by Crippen LogP contribution is -2.09. The maximum atomic E-state index is 12.8. The van der Waals surface area contributed by atoms with Gasteiger partial charge in [0.2, 0.25) is 0 Å². The van der Waals surface area contributed by atoms with Crippen molar-refractivity contribution in [3.05, 3.63) is 82.7 Å². The molecule has 5 aromatic rings. The molecule has 0 N–H and O–H groups in total. The SMILES string of the molecule is COc1ccc(C(=O)Oc2ccc3oc(=O)cc(-c4cc5cccc(OC)c5o4)c3c2)cc1OC. The molecule has 0 atom stereocenters. The number of fused-ring (bicyclic) bond motifs is 2. The predicted molar refractivity (Wildman–Crippen MR) is 129 cm³/mol. The zero-order chi connectivity index (χ0) is 24.5. The van der Waals surface area contributed by atoms with E-state index in [1.807, 2.05) is 18.2 Å². The summed E-state index contributed by atoms with van der Waals surface area (Å²) in [5.74, 6) is 1.61. The van der Waals surface area contributed by atoms with Crippen LogP contribution in [0.4, 0.5) is 0 Å². The zero-order valence-electron chi connectivity index (χ0n) is 19.1. The first-order valence-electron chi connectivity index (χ1n) is 10.6. The average Bonchev–Trinajstić information content (AvgIpc) is 3.32. The van der Waals surface area contributed by atoms with Gasteiger partial charge in [-0.05, 0) is 48.5 Å². The topological polar surface area (TPSA) is 97.3 Å². The number of ether oxygens (including phenoxy) is 4. The molecule has 35 heavy (non-hydrogen) atoms. The summed E-state index contributed by atoms with van der Waals surface area (Å²) in [5, 5.41) is 1.36. The quantitative estimate of drug-likeness (QED) is 0.183. The molecular formula is C27H20O8. The summed E-state index contributed by atoms with van der Waals surface area (Å²) in [7, 11) is 4.56. The summed E-state index contributed by atoms with van der Waals surface area (Å²) in [6, 6.07) is 18.2. The molecule has 0 fully saturated rings. The van der Waals surface area contributed by atoms with Crippen molar-refractivity contribution in [2.24, 2.45) is 0 Å². The molecule has 0 bridgehead atoms. The van der Waals surface area contributed by atoms with E-state index in [1.54, 1.807) is 43.5 Å². The number of para-hydroxylation sites is 1. The van der Waals surface area contributed by atoms with Gasteiger partial charge in [-0.25, -0.2) is 9.59 Å². The molecule has 0 amide bonds. The Balaban J connectivity index is 1.55. The van der Waals surface area contributed by atoms with E-state index in [0.29, 0.717) is 45.1 Å². The minimum atomic E-state index is -0.585. The number of hydrogen-bond donors (Lipinski definition) is 0. The van der Waals surface area contributed by atoms with E-state index in [1.165, 1.54) is 26.4 Å². The van der Waals surface area contributed by atoms with Crippen molar-refractivity contribution < 1.29 is 32.6 Å². The van der Waals surface area contributed by atoms with Crippen LogP contribution in [-0.4, -0.2) is 27.3 Å². The lowest BCUT2D eigenvalue weighted by Gasteiger charge is -2.10. The van der Waals surface area contributed by atoms with Crippen LogP contribution in [0.25, 0.3) is 33.3 Å². The molecular weight excluding hydrogens is 452 g/mol. The van der Waals surface area contributed by atoms with Gasteiger partial charge in [-0.3, -0.25) is 0 Å². The molecule has 5 rings (SSSR count). The summed E-state index contributed by atoms with van der Waals surface area (Å²) >= 11 is 0. The average molecular weight is 472 g/mol. The second kappa shape index (κ2) is 8.90. The maximum absolute atomic E-state index is 12.8. The lowest BCUT2D eigenvalue weighted by molar-refractivity contribution is 0.0734. The molecule has 8 nitrogen and oxygen atoms in total. The Morgan fingerprint density at radius 1 is 0.771 bits per heavy atom. The van der Waals surface area contributed by atoms with Crippen LogP contribution >= 0.6 is 0 Å². The van der Waals surface area contributed by atoms with Gasteiger partial charge in [-0.15, -0.1) is 0 Å². The Labute approximate surface area is 199 Å². The normalized spacial score (nSPS) is 10.9. The van der Waals surface area contributed by atoms with Crippen LogP contribution in [0.2, 0.25) is 0 Å². The van der Waals surface area contributed by atoms with Gasteiger partial charge in [-0.2, -0.15) is 0 Å². The van der Waals surface area contributed by atoms with Crippen LogP contribution in [0, 0.1) is 0 Å². The number of carbonyl (C=O) groups is 1. The fraction of sp³-hybridized carbons (Fsp3) is 0.111. The van der Waals surface area contributed by atoms with Gasteiger partial charge in [0.15, 0.2) is 22.8 Å². The standard InChI is InChI=1S/C27H20O8/c1-30-21-9-7-16(12-24(21)32-3)27(29)33-17-8-10-20-18(13-17)19(14-25(28)34-20)23-11-15-5-4-6-22(31-2)26(15)35-23/h4-14H,1-3H3. The van der Waals surface area contributed by atoms with E-state index in [-0.39, 0.29) is 11.3 Å². The first kappa shape index (κ1) is 22.1. The van der Waals surface area contributed by atoms with Gasteiger partial charge in [0.05, 0.1) is 26.9 Å². The highest BCUT2D eigenvalue weighted by molar-refractivity contribution is 5.97. The number of carbonyl (C=O) groups excluding carboxylic acids is 1. The molecule has 0 spiro atoms. The van der Waals surface area contributed by atoms with Crippen LogP contribution in [-0.2, 0) is 0 Å². The minimum absolute atomic E-state index is 0.265. The number of methoxy groups -OCH3 is 3. The van der Waals surface area contributed by atoms with E-state index in [9.17, 15) is 9.59 Å². The Bertz CT molecular complexity index is 1630. The van der Waals surface area contributed by atoms with Crippen molar-refractivity contribution in [2.75, 3.05) is 21.3 Å². The van der Waals surface area contributed by atoms with Crippen molar-refractivity contribution in [3.8, 4) is 34.3 Å². The second-order valence-electron chi connectivity index (χ2n) is 7.59. The summed E-state index contributed by atoms with van der Waals surface area (Å²) < 4.78 is 32.8. The first-order chi connectivity index (χ1) is 17.0. The van der Waals surface area contributed by atoms with E-state index >= 15 is 0 Å². The molecule has 0 unspecified atom stereocenters. The van der Waals surface area contributed by atoms with Crippen molar-refractivity contribution in [3.63, 3.8) is 0 Å².